The van der Waals surface area contributed by atoms with E-state index in [1.54, 1.807) is 7.11 Å². The quantitative estimate of drug-likeness (QED) is 0.463. The number of nitrogens with two attached hydrogens (primary N) is 1. The third-order valence-corrected chi connectivity index (χ3v) is 3.83. The average molecular weight is 289 g/mol. The summed E-state index contributed by atoms with van der Waals surface area (Å²) in [5.74, 6) is 0. The molecular formula is C15H31NO4. The minimum absolute atomic E-state index is 0.102. The topological polar surface area (TPSA) is 62.9 Å². The molecule has 0 saturated heterocycles. The Kier molecular flexibility index (Phi) is 10.2. The minimum Gasteiger partial charge on any atom is -0.382 e. The molecule has 5 heteroatoms. The summed E-state index contributed by atoms with van der Waals surface area (Å²) in [5, 5.41) is 0. The molecule has 0 aromatic rings. The average Bonchev–Trinajstić information content (AvgIpc) is 2.72. The van der Waals surface area contributed by atoms with Crippen molar-refractivity contribution in [3.8, 4) is 0 Å². The van der Waals surface area contributed by atoms with Crippen molar-refractivity contribution in [2.24, 2.45) is 5.73 Å². The van der Waals surface area contributed by atoms with Crippen molar-refractivity contribution in [1.82, 2.24) is 0 Å². The van der Waals surface area contributed by atoms with Crippen LogP contribution in [0.25, 0.3) is 0 Å². The molecule has 0 amide bonds. The van der Waals surface area contributed by atoms with Crippen LogP contribution in [0.1, 0.15) is 38.5 Å². The van der Waals surface area contributed by atoms with Crippen LogP contribution in [0.3, 0.4) is 0 Å². The summed E-state index contributed by atoms with van der Waals surface area (Å²) in [6.45, 7) is 4.29. The molecule has 1 rings (SSSR count). The fourth-order valence-electron chi connectivity index (χ4n) is 2.56. The molecular weight excluding hydrogens is 258 g/mol. The Labute approximate surface area is 123 Å². The SMILES string of the molecule is COCCOCCOCCOC1(CN)CCCCCC1. The smallest absolute Gasteiger partial charge is 0.0805 e. The summed E-state index contributed by atoms with van der Waals surface area (Å²) < 4.78 is 21.7. The van der Waals surface area contributed by atoms with Crippen LogP contribution in [0, 0.1) is 0 Å². The summed E-state index contributed by atoms with van der Waals surface area (Å²) >= 11 is 0. The van der Waals surface area contributed by atoms with Gasteiger partial charge in [-0.2, -0.15) is 0 Å². The molecule has 0 bridgehead atoms. The van der Waals surface area contributed by atoms with Gasteiger partial charge in [-0.15, -0.1) is 0 Å². The third kappa shape index (κ3) is 7.55. The summed E-state index contributed by atoms with van der Waals surface area (Å²) in [5.41, 5.74) is 5.82. The third-order valence-electron chi connectivity index (χ3n) is 3.83. The van der Waals surface area contributed by atoms with Crippen LogP contribution in [0.15, 0.2) is 0 Å². The second-order valence-corrected chi connectivity index (χ2v) is 5.37. The molecule has 0 aromatic heterocycles. The summed E-state index contributed by atoms with van der Waals surface area (Å²) in [4.78, 5) is 0. The molecule has 1 fully saturated rings. The zero-order valence-electron chi connectivity index (χ0n) is 12.9. The van der Waals surface area contributed by atoms with E-state index >= 15 is 0 Å². The lowest BCUT2D eigenvalue weighted by Crippen LogP contribution is -2.41. The second-order valence-electron chi connectivity index (χ2n) is 5.37. The maximum absolute atomic E-state index is 6.03. The van der Waals surface area contributed by atoms with Gasteiger partial charge in [-0.3, -0.25) is 0 Å². The lowest BCUT2D eigenvalue weighted by Gasteiger charge is -2.31. The van der Waals surface area contributed by atoms with Gasteiger partial charge in [-0.1, -0.05) is 25.7 Å². The lowest BCUT2D eigenvalue weighted by atomic mass is 9.94. The Balaban J connectivity index is 2.01. The van der Waals surface area contributed by atoms with E-state index in [2.05, 4.69) is 0 Å². The maximum Gasteiger partial charge on any atom is 0.0805 e. The van der Waals surface area contributed by atoms with Gasteiger partial charge < -0.3 is 24.7 Å². The van der Waals surface area contributed by atoms with E-state index < -0.39 is 0 Å². The van der Waals surface area contributed by atoms with Gasteiger partial charge in [-0.05, 0) is 12.8 Å². The van der Waals surface area contributed by atoms with E-state index in [0.29, 0.717) is 46.2 Å². The highest BCUT2D eigenvalue weighted by Gasteiger charge is 2.29. The van der Waals surface area contributed by atoms with E-state index in [4.69, 9.17) is 24.7 Å². The van der Waals surface area contributed by atoms with Crippen LogP contribution in [-0.4, -0.2) is 58.9 Å². The molecule has 0 aromatic carbocycles. The largest absolute Gasteiger partial charge is 0.382 e. The summed E-state index contributed by atoms with van der Waals surface area (Å²) in [7, 11) is 1.66. The van der Waals surface area contributed by atoms with Crippen molar-refractivity contribution in [2.75, 3.05) is 53.3 Å². The van der Waals surface area contributed by atoms with E-state index in [-0.39, 0.29) is 5.60 Å². The molecule has 1 aliphatic carbocycles. The van der Waals surface area contributed by atoms with Gasteiger partial charge in [-0.25, -0.2) is 0 Å². The van der Waals surface area contributed by atoms with Crippen LogP contribution in [-0.2, 0) is 18.9 Å². The molecule has 120 valence electrons. The fourth-order valence-corrected chi connectivity index (χ4v) is 2.56. The Bertz CT molecular complexity index is 218. The highest BCUT2D eigenvalue weighted by Crippen LogP contribution is 2.29. The lowest BCUT2D eigenvalue weighted by molar-refractivity contribution is -0.0751. The Morgan fingerprint density at radius 3 is 1.90 bits per heavy atom. The number of methoxy groups -OCH3 is 1. The minimum atomic E-state index is -0.102. The molecule has 5 nitrogen and oxygen atoms in total. The van der Waals surface area contributed by atoms with Crippen molar-refractivity contribution in [1.29, 1.82) is 0 Å². The van der Waals surface area contributed by atoms with E-state index in [1.165, 1.54) is 25.7 Å². The van der Waals surface area contributed by atoms with E-state index in [9.17, 15) is 0 Å². The van der Waals surface area contributed by atoms with Crippen molar-refractivity contribution < 1.29 is 18.9 Å². The van der Waals surface area contributed by atoms with Crippen LogP contribution in [0.2, 0.25) is 0 Å². The van der Waals surface area contributed by atoms with Crippen molar-refractivity contribution in [3.63, 3.8) is 0 Å². The molecule has 0 atom stereocenters. The molecule has 20 heavy (non-hydrogen) atoms. The summed E-state index contributed by atoms with van der Waals surface area (Å²) in [6, 6.07) is 0. The fraction of sp³-hybridized carbons (Fsp3) is 1.00. The molecule has 0 unspecified atom stereocenters. The molecule has 0 heterocycles. The number of rotatable bonds is 11. The first-order valence-electron chi connectivity index (χ1n) is 7.81. The normalized spacial score (nSPS) is 18.9. The Morgan fingerprint density at radius 1 is 0.800 bits per heavy atom. The van der Waals surface area contributed by atoms with Crippen LogP contribution >= 0.6 is 0 Å². The zero-order chi connectivity index (χ0) is 14.5. The first-order chi connectivity index (χ1) is 9.83. The maximum atomic E-state index is 6.03. The van der Waals surface area contributed by atoms with Crippen LogP contribution in [0.5, 0.6) is 0 Å². The monoisotopic (exact) mass is 289 g/mol. The highest BCUT2D eigenvalue weighted by atomic mass is 16.6. The number of hydrogen-bond acceptors (Lipinski definition) is 5. The van der Waals surface area contributed by atoms with Crippen LogP contribution in [0.4, 0.5) is 0 Å². The first-order valence-corrected chi connectivity index (χ1v) is 7.81. The van der Waals surface area contributed by atoms with Gasteiger partial charge in [0.2, 0.25) is 0 Å². The van der Waals surface area contributed by atoms with Gasteiger partial charge in [0.1, 0.15) is 0 Å². The molecule has 0 radical (unpaired) electrons. The van der Waals surface area contributed by atoms with Crippen LogP contribution < -0.4 is 5.73 Å². The van der Waals surface area contributed by atoms with Gasteiger partial charge in [0, 0.05) is 13.7 Å². The highest BCUT2D eigenvalue weighted by molar-refractivity contribution is 4.84. The van der Waals surface area contributed by atoms with Crippen molar-refractivity contribution in [2.45, 2.75) is 44.1 Å². The Morgan fingerprint density at radius 2 is 1.35 bits per heavy atom. The molecule has 1 aliphatic rings. The van der Waals surface area contributed by atoms with Gasteiger partial charge in [0.15, 0.2) is 0 Å². The molecule has 0 aliphatic heterocycles. The second kappa shape index (κ2) is 11.5. The molecule has 2 N–H and O–H groups in total. The molecule has 1 saturated carbocycles. The predicted molar refractivity (Wildman–Crippen MR) is 79.0 cm³/mol. The van der Waals surface area contributed by atoms with Gasteiger partial charge in [0.25, 0.3) is 0 Å². The number of ether oxygens (including phenoxy) is 4. The molecule has 0 spiro atoms. The Hall–Kier alpha value is -0.200. The van der Waals surface area contributed by atoms with Crippen molar-refractivity contribution in [3.05, 3.63) is 0 Å². The van der Waals surface area contributed by atoms with E-state index in [0.717, 1.165) is 12.8 Å². The predicted octanol–water partition coefficient (Wildman–Crippen LogP) is 1.73. The number of hydrogen-bond donors (Lipinski definition) is 1. The first kappa shape index (κ1) is 17.9. The zero-order valence-corrected chi connectivity index (χ0v) is 12.9. The standard InChI is InChI=1S/C15H31NO4/c1-17-8-9-18-10-11-19-12-13-20-15(14-16)6-4-2-3-5-7-15/h2-14,16H2,1H3. The van der Waals surface area contributed by atoms with E-state index in [1.807, 2.05) is 0 Å². The summed E-state index contributed by atoms with van der Waals surface area (Å²) in [6.07, 6.45) is 7.24. The van der Waals surface area contributed by atoms with Gasteiger partial charge in [0.05, 0.1) is 45.2 Å². The van der Waals surface area contributed by atoms with Gasteiger partial charge >= 0.3 is 0 Å². The van der Waals surface area contributed by atoms with Crippen molar-refractivity contribution >= 4 is 0 Å².